The lowest BCUT2D eigenvalue weighted by Gasteiger charge is -2.30. The van der Waals surface area contributed by atoms with Gasteiger partial charge in [-0.05, 0) is 52.7 Å². The van der Waals surface area contributed by atoms with Crippen LogP contribution in [0, 0.1) is 11.8 Å². The van der Waals surface area contributed by atoms with Crippen molar-refractivity contribution in [3.63, 3.8) is 0 Å². The second kappa shape index (κ2) is 5.96. The highest BCUT2D eigenvalue weighted by molar-refractivity contribution is 9.10. The fourth-order valence-corrected chi connectivity index (χ4v) is 2.97. The van der Waals surface area contributed by atoms with Gasteiger partial charge < -0.3 is 5.11 Å². The number of hydrogen-bond donors (Lipinski definition) is 1. The van der Waals surface area contributed by atoms with E-state index in [1.54, 1.807) is 6.20 Å². The zero-order valence-electron chi connectivity index (χ0n) is 10.3. The largest absolute Gasteiger partial charge is 0.392 e. The van der Waals surface area contributed by atoms with Gasteiger partial charge in [-0.15, -0.1) is 0 Å². The van der Waals surface area contributed by atoms with Crippen molar-refractivity contribution >= 4 is 15.9 Å². The maximum atomic E-state index is 10.3. The zero-order valence-corrected chi connectivity index (χ0v) is 11.9. The normalized spacial score (nSPS) is 26.8. The zero-order chi connectivity index (χ0) is 12.3. The van der Waals surface area contributed by atoms with Crippen LogP contribution in [0.2, 0.25) is 0 Å². The summed E-state index contributed by atoms with van der Waals surface area (Å²) in [5.41, 5.74) is 0.985. The Morgan fingerprint density at radius 1 is 1.47 bits per heavy atom. The Kier molecular flexibility index (Phi) is 4.57. The molecule has 1 aliphatic carbocycles. The molecule has 0 spiro atoms. The molecule has 0 bridgehead atoms. The quantitative estimate of drug-likeness (QED) is 0.925. The minimum Gasteiger partial charge on any atom is -0.392 e. The summed E-state index contributed by atoms with van der Waals surface area (Å²) >= 11 is 3.37. The number of pyridine rings is 1. The van der Waals surface area contributed by atoms with Crippen LogP contribution in [-0.2, 0) is 6.42 Å². The number of aliphatic hydroxyl groups is 1. The Morgan fingerprint density at radius 3 is 2.94 bits per heavy atom. The first kappa shape index (κ1) is 13.0. The van der Waals surface area contributed by atoms with Gasteiger partial charge in [-0.2, -0.15) is 0 Å². The SMILES string of the molecule is CC1CCCC(C(O)Cc2ccc(Br)cn2)C1. The fourth-order valence-electron chi connectivity index (χ4n) is 2.74. The van der Waals surface area contributed by atoms with Crippen LogP contribution in [0.5, 0.6) is 0 Å². The van der Waals surface area contributed by atoms with Crippen molar-refractivity contribution in [3.8, 4) is 0 Å². The summed E-state index contributed by atoms with van der Waals surface area (Å²) in [6, 6.07) is 3.97. The maximum Gasteiger partial charge on any atom is 0.0623 e. The molecule has 2 nitrogen and oxygen atoms in total. The number of halogens is 1. The molecule has 3 unspecified atom stereocenters. The van der Waals surface area contributed by atoms with Gasteiger partial charge in [0.2, 0.25) is 0 Å². The summed E-state index contributed by atoms with van der Waals surface area (Å²) in [5, 5.41) is 10.3. The van der Waals surface area contributed by atoms with E-state index in [4.69, 9.17) is 0 Å². The lowest BCUT2D eigenvalue weighted by atomic mass is 9.78. The van der Waals surface area contributed by atoms with Gasteiger partial charge in [0.05, 0.1) is 6.10 Å². The van der Waals surface area contributed by atoms with Crippen LogP contribution >= 0.6 is 15.9 Å². The molecule has 1 fully saturated rings. The monoisotopic (exact) mass is 297 g/mol. The van der Waals surface area contributed by atoms with E-state index in [0.717, 1.165) is 22.5 Å². The van der Waals surface area contributed by atoms with Gasteiger partial charge in [0, 0.05) is 22.8 Å². The van der Waals surface area contributed by atoms with Crippen molar-refractivity contribution in [3.05, 3.63) is 28.5 Å². The Bertz CT molecular complexity index is 352. The van der Waals surface area contributed by atoms with Gasteiger partial charge in [-0.1, -0.05) is 19.8 Å². The van der Waals surface area contributed by atoms with Crippen molar-refractivity contribution in [2.24, 2.45) is 11.8 Å². The van der Waals surface area contributed by atoms with E-state index in [-0.39, 0.29) is 6.10 Å². The number of nitrogens with zero attached hydrogens (tertiary/aromatic N) is 1. The van der Waals surface area contributed by atoms with Crippen molar-refractivity contribution in [1.29, 1.82) is 0 Å². The van der Waals surface area contributed by atoms with Crippen molar-refractivity contribution in [1.82, 2.24) is 4.98 Å². The molecule has 0 aromatic carbocycles. The van der Waals surface area contributed by atoms with Gasteiger partial charge in [0.25, 0.3) is 0 Å². The standard InChI is InChI=1S/C14H20BrNO/c1-10-3-2-4-11(7-10)14(17)8-13-6-5-12(15)9-16-13/h5-6,9-11,14,17H,2-4,7-8H2,1H3. The molecule has 0 amide bonds. The predicted molar refractivity (Wildman–Crippen MR) is 72.8 cm³/mol. The van der Waals surface area contributed by atoms with Crippen molar-refractivity contribution in [2.75, 3.05) is 0 Å². The Morgan fingerprint density at radius 2 is 2.29 bits per heavy atom. The van der Waals surface area contributed by atoms with Gasteiger partial charge in [-0.3, -0.25) is 4.98 Å². The Balaban J connectivity index is 1.91. The third-order valence-electron chi connectivity index (χ3n) is 3.73. The molecule has 1 aliphatic rings. The fraction of sp³-hybridized carbons (Fsp3) is 0.643. The highest BCUT2D eigenvalue weighted by Crippen LogP contribution is 2.31. The number of rotatable bonds is 3. The van der Waals surface area contributed by atoms with Gasteiger partial charge >= 0.3 is 0 Å². The van der Waals surface area contributed by atoms with Crippen LogP contribution in [0.25, 0.3) is 0 Å². The smallest absolute Gasteiger partial charge is 0.0623 e. The van der Waals surface area contributed by atoms with Crippen LogP contribution in [-0.4, -0.2) is 16.2 Å². The van der Waals surface area contributed by atoms with Crippen molar-refractivity contribution < 1.29 is 5.11 Å². The Labute approximate surface area is 112 Å². The molecule has 0 radical (unpaired) electrons. The molecular weight excluding hydrogens is 278 g/mol. The molecule has 2 rings (SSSR count). The minimum absolute atomic E-state index is 0.230. The molecule has 94 valence electrons. The molecule has 1 aromatic heterocycles. The van der Waals surface area contributed by atoms with Crippen LogP contribution in [0.4, 0.5) is 0 Å². The molecular formula is C14H20BrNO. The first-order chi connectivity index (χ1) is 8.15. The second-order valence-corrected chi connectivity index (χ2v) is 6.19. The number of aliphatic hydroxyl groups excluding tert-OH is 1. The van der Waals surface area contributed by atoms with E-state index in [0.29, 0.717) is 12.3 Å². The average molecular weight is 298 g/mol. The molecule has 1 N–H and O–H groups in total. The summed E-state index contributed by atoms with van der Waals surface area (Å²) in [6.45, 7) is 2.29. The molecule has 3 heteroatoms. The first-order valence-electron chi connectivity index (χ1n) is 6.43. The molecule has 0 aliphatic heterocycles. The minimum atomic E-state index is -0.230. The molecule has 1 saturated carbocycles. The molecule has 3 atom stereocenters. The van der Waals surface area contributed by atoms with E-state index in [9.17, 15) is 5.11 Å². The maximum absolute atomic E-state index is 10.3. The summed E-state index contributed by atoms with van der Waals surface area (Å²) in [6.07, 6.45) is 7.17. The third kappa shape index (κ3) is 3.78. The van der Waals surface area contributed by atoms with Crippen LogP contribution in [0.1, 0.15) is 38.3 Å². The number of hydrogen-bond acceptors (Lipinski definition) is 2. The lowest BCUT2D eigenvalue weighted by molar-refractivity contribution is 0.0712. The summed E-state index contributed by atoms with van der Waals surface area (Å²) in [5.74, 6) is 1.23. The van der Waals surface area contributed by atoms with Crippen molar-refractivity contribution in [2.45, 2.75) is 45.1 Å². The van der Waals surface area contributed by atoms with E-state index in [2.05, 4.69) is 27.8 Å². The third-order valence-corrected chi connectivity index (χ3v) is 4.20. The van der Waals surface area contributed by atoms with Gasteiger partial charge in [-0.25, -0.2) is 0 Å². The molecule has 1 heterocycles. The van der Waals surface area contributed by atoms with E-state index in [1.165, 1.54) is 19.3 Å². The predicted octanol–water partition coefficient (Wildman–Crippen LogP) is 3.57. The molecule has 1 aromatic rings. The van der Waals surface area contributed by atoms with Crippen LogP contribution < -0.4 is 0 Å². The Hall–Kier alpha value is -0.410. The summed E-state index contributed by atoms with van der Waals surface area (Å²) < 4.78 is 0.988. The first-order valence-corrected chi connectivity index (χ1v) is 7.23. The molecule has 17 heavy (non-hydrogen) atoms. The van der Waals surface area contributed by atoms with Crippen LogP contribution in [0.15, 0.2) is 22.8 Å². The van der Waals surface area contributed by atoms with Crippen LogP contribution in [0.3, 0.4) is 0 Å². The van der Waals surface area contributed by atoms with Gasteiger partial charge in [0.15, 0.2) is 0 Å². The summed E-state index contributed by atoms with van der Waals surface area (Å²) in [7, 11) is 0. The van der Waals surface area contributed by atoms with E-state index >= 15 is 0 Å². The lowest BCUT2D eigenvalue weighted by Crippen LogP contribution is -2.27. The topological polar surface area (TPSA) is 33.1 Å². The average Bonchev–Trinajstić information content (AvgIpc) is 2.32. The number of aromatic nitrogens is 1. The highest BCUT2D eigenvalue weighted by Gasteiger charge is 2.25. The molecule has 0 saturated heterocycles. The van der Waals surface area contributed by atoms with E-state index < -0.39 is 0 Å². The highest BCUT2D eigenvalue weighted by atomic mass is 79.9. The van der Waals surface area contributed by atoms with E-state index in [1.807, 2.05) is 12.1 Å². The summed E-state index contributed by atoms with van der Waals surface area (Å²) in [4.78, 5) is 4.33. The van der Waals surface area contributed by atoms with Gasteiger partial charge in [0.1, 0.15) is 0 Å². The second-order valence-electron chi connectivity index (χ2n) is 5.27.